The van der Waals surface area contributed by atoms with E-state index in [0.29, 0.717) is 5.76 Å². The van der Waals surface area contributed by atoms with E-state index in [1.54, 1.807) is 6.07 Å². The number of rotatable bonds is 4. The van der Waals surface area contributed by atoms with Crippen LogP contribution in [-0.4, -0.2) is 11.1 Å². The van der Waals surface area contributed by atoms with Gasteiger partial charge in [-0.2, -0.15) is 0 Å². The third kappa shape index (κ3) is 3.20. The molecule has 2 aromatic rings. The van der Waals surface area contributed by atoms with Crippen molar-refractivity contribution in [3.63, 3.8) is 0 Å². The van der Waals surface area contributed by atoms with E-state index in [0.717, 1.165) is 17.8 Å². The number of nitrogens with one attached hydrogen (secondary N) is 1. The molecule has 1 aromatic heterocycles. The van der Waals surface area contributed by atoms with Crippen molar-refractivity contribution in [1.29, 1.82) is 0 Å². The summed E-state index contributed by atoms with van der Waals surface area (Å²) < 4.78 is 5.01. The van der Waals surface area contributed by atoms with Crippen LogP contribution in [0, 0.1) is 6.92 Å². The Balaban J connectivity index is 1.98. The smallest absolute Gasteiger partial charge is 0.232 e. The molecule has 0 aliphatic heterocycles. The van der Waals surface area contributed by atoms with Gasteiger partial charge in [-0.25, -0.2) is 0 Å². The summed E-state index contributed by atoms with van der Waals surface area (Å²) in [6.45, 7) is 3.91. The Hall–Kier alpha value is -2.10. The molecule has 1 amide bonds. The number of amides is 1. The van der Waals surface area contributed by atoms with E-state index in [9.17, 15) is 4.79 Å². The first-order chi connectivity index (χ1) is 8.67. The fraction of sp³-hybridized carbons (Fsp3) is 0.286. The number of aromatic nitrogens is 1. The summed E-state index contributed by atoms with van der Waals surface area (Å²) in [5.74, 6) is 0.482. The molecule has 0 saturated heterocycles. The summed E-state index contributed by atoms with van der Waals surface area (Å²) in [6, 6.07) is 9.59. The average Bonchev–Trinajstić information content (AvgIpc) is 2.74. The molecule has 0 bridgehead atoms. The molecule has 0 unspecified atom stereocenters. The fourth-order valence-corrected chi connectivity index (χ4v) is 1.73. The molecular formula is C14H16N2O2. The topological polar surface area (TPSA) is 55.1 Å². The van der Waals surface area contributed by atoms with Crippen LogP contribution in [0.25, 0.3) is 0 Å². The van der Waals surface area contributed by atoms with E-state index in [-0.39, 0.29) is 12.3 Å². The summed E-state index contributed by atoms with van der Waals surface area (Å²) in [5, 5.41) is 6.60. The van der Waals surface area contributed by atoms with Crippen LogP contribution in [0.5, 0.6) is 0 Å². The van der Waals surface area contributed by atoms with Crippen molar-refractivity contribution in [2.75, 3.05) is 5.32 Å². The predicted molar refractivity (Wildman–Crippen MR) is 69.4 cm³/mol. The Kier molecular flexibility index (Phi) is 3.77. The van der Waals surface area contributed by atoms with Crippen LogP contribution in [0.3, 0.4) is 0 Å². The molecule has 0 atom stereocenters. The van der Waals surface area contributed by atoms with Gasteiger partial charge in [0.1, 0.15) is 5.76 Å². The maximum absolute atomic E-state index is 11.8. The minimum Gasteiger partial charge on any atom is -0.361 e. The monoisotopic (exact) mass is 244 g/mol. The molecule has 0 aliphatic carbocycles. The number of anilines is 1. The minimum atomic E-state index is -0.0978. The first-order valence-corrected chi connectivity index (χ1v) is 5.98. The molecule has 0 radical (unpaired) electrons. The van der Waals surface area contributed by atoms with Gasteiger partial charge in [0, 0.05) is 11.8 Å². The van der Waals surface area contributed by atoms with E-state index < -0.39 is 0 Å². The fourth-order valence-electron chi connectivity index (χ4n) is 1.73. The lowest BCUT2D eigenvalue weighted by molar-refractivity contribution is -0.115. The van der Waals surface area contributed by atoms with E-state index in [1.165, 1.54) is 5.56 Å². The van der Waals surface area contributed by atoms with Gasteiger partial charge in [-0.05, 0) is 31.0 Å². The summed E-state index contributed by atoms with van der Waals surface area (Å²) in [7, 11) is 0. The summed E-state index contributed by atoms with van der Waals surface area (Å²) in [4.78, 5) is 11.8. The molecule has 0 fully saturated rings. The normalized spacial score (nSPS) is 10.3. The Bertz CT molecular complexity index is 546. The van der Waals surface area contributed by atoms with Crippen LogP contribution in [0.1, 0.15) is 23.9 Å². The molecule has 1 aromatic carbocycles. The molecule has 94 valence electrons. The van der Waals surface area contributed by atoms with E-state index >= 15 is 0 Å². The molecule has 4 nitrogen and oxygen atoms in total. The Morgan fingerprint density at radius 2 is 2.22 bits per heavy atom. The number of nitrogens with zero attached hydrogens (tertiary/aromatic N) is 1. The standard InChI is InChI=1S/C14H16N2O2/c1-3-11-5-4-6-12(8-11)15-14(17)9-13-7-10(2)16-18-13/h4-8H,3,9H2,1-2H3,(H,15,17). The van der Waals surface area contributed by atoms with Gasteiger partial charge < -0.3 is 9.84 Å². The van der Waals surface area contributed by atoms with Gasteiger partial charge in [-0.1, -0.05) is 24.2 Å². The highest BCUT2D eigenvalue weighted by molar-refractivity contribution is 5.91. The third-order valence-corrected chi connectivity index (χ3v) is 2.63. The van der Waals surface area contributed by atoms with Crippen LogP contribution in [0.4, 0.5) is 5.69 Å². The number of hydrogen-bond donors (Lipinski definition) is 1. The molecule has 1 N–H and O–H groups in total. The third-order valence-electron chi connectivity index (χ3n) is 2.63. The molecule has 1 heterocycles. The van der Waals surface area contributed by atoms with Crippen LogP contribution in [-0.2, 0) is 17.6 Å². The van der Waals surface area contributed by atoms with Gasteiger partial charge in [0.15, 0.2) is 0 Å². The van der Waals surface area contributed by atoms with Crippen molar-refractivity contribution in [1.82, 2.24) is 5.16 Å². The van der Waals surface area contributed by atoms with Gasteiger partial charge in [0.2, 0.25) is 5.91 Å². The maximum Gasteiger partial charge on any atom is 0.232 e. The summed E-state index contributed by atoms with van der Waals surface area (Å²) >= 11 is 0. The van der Waals surface area contributed by atoms with E-state index in [4.69, 9.17) is 4.52 Å². The SMILES string of the molecule is CCc1cccc(NC(=O)Cc2cc(C)no2)c1. The van der Waals surface area contributed by atoms with Crippen molar-refractivity contribution < 1.29 is 9.32 Å². The number of carbonyl (C=O) groups is 1. The van der Waals surface area contributed by atoms with E-state index in [2.05, 4.69) is 17.4 Å². The Morgan fingerprint density at radius 1 is 1.39 bits per heavy atom. The number of benzene rings is 1. The van der Waals surface area contributed by atoms with Crippen LogP contribution in [0.2, 0.25) is 0 Å². The average molecular weight is 244 g/mol. The van der Waals surface area contributed by atoms with Crippen molar-refractivity contribution in [3.8, 4) is 0 Å². The zero-order valence-electron chi connectivity index (χ0n) is 10.6. The van der Waals surface area contributed by atoms with Crippen LogP contribution >= 0.6 is 0 Å². The lowest BCUT2D eigenvalue weighted by Crippen LogP contribution is -2.14. The molecule has 18 heavy (non-hydrogen) atoms. The zero-order chi connectivity index (χ0) is 13.0. The van der Waals surface area contributed by atoms with E-state index in [1.807, 2.05) is 31.2 Å². The molecule has 0 aliphatic rings. The van der Waals surface area contributed by atoms with Gasteiger partial charge in [-0.3, -0.25) is 4.79 Å². The van der Waals surface area contributed by atoms with Gasteiger partial charge in [0.05, 0.1) is 12.1 Å². The molecule has 2 rings (SSSR count). The second-order valence-corrected chi connectivity index (χ2v) is 4.21. The van der Waals surface area contributed by atoms with Crippen LogP contribution in [0.15, 0.2) is 34.9 Å². The summed E-state index contributed by atoms with van der Waals surface area (Å²) in [5.41, 5.74) is 2.80. The predicted octanol–water partition coefficient (Wildman–Crippen LogP) is 2.73. The van der Waals surface area contributed by atoms with Crippen molar-refractivity contribution in [3.05, 3.63) is 47.3 Å². The quantitative estimate of drug-likeness (QED) is 0.899. The van der Waals surface area contributed by atoms with Gasteiger partial charge in [-0.15, -0.1) is 0 Å². The molecule has 4 heteroatoms. The molecule has 0 spiro atoms. The highest BCUT2D eigenvalue weighted by atomic mass is 16.5. The van der Waals surface area contributed by atoms with Crippen molar-refractivity contribution in [2.24, 2.45) is 0 Å². The summed E-state index contributed by atoms with van der Waals surface area (Å²) in [6.07, 6.45) is 1.15. The largest absolute Gasteiger partial charge is 0.361 e. The highest BCUT2D eigenvalue weighted by Crippen LogP contribution is 2.12. The number of hydrogen-bond acceptors (Lipinski definition) is 3. The second-order valence-electron chi connectivity index (χ2n) is 4.21. The van der Waals surface area contributed by atoms with Gasteiger partial charge in [0.25, 0.3) is 0 Å². The Labute approximate surface area is 106 Å². The number of aryl methyl sites for hydroxylation is 2. The van der Waals surface area contributed by atoms with Crippen molar-refractivity contribution in [2.45, 2.75) is 26.7 Å². The first kappa shape index (κ1) is 12.4. The molecular weight excluding hydrogens is 228 g/mol. The maximum atomic E-state index is 11.8. The Morgan fingerprint density at radius 3 is 2.89 bits per heavy atom. The van der Waals surface area contributed by atoms with Crippen molar-refractivity contribution >= 4 is 11.6 Å². The lowest BCUT2D eigenvalue weighted by Gasteiger charge is -2.05. The zero-order valence-corrected chi connectivity index (χ0v) is 10.6. The lowest BCUT2D eigenvalue weighted by atomic mass is 10.1. The molecule has 0 saturated carbocycles. The minimum absolute atomic E-state index is 0.0978. The highest BCUT2D eigenvalue weighted by Gasteiger charge is 2.08. The number of carbonyl (C=O) groups excluding carboxylic acids is 1. The van der Waals surface area contributed by atoms with Crippen LogP contribution < -0.4 is 5.32 Å². The second kappa shape index (κ2) is 5.49. The van der Waals surface area contributed by atoms with Gasteiger partial charge >= 0.3 is 0 Å². The first-order valence-electron chi connectivity index (χ1n) is 5.98.